The molecule has 1 saturated carbocycles. The van der Waals surface area contributed by atoms with E-state index in [0.717, 1.165) is 24.3 Å². The molecular weight excluding hydrogens is 368 g/mol. The average Bonchev–Trinajstić information content (AvgIpc) is 2.68. The first kappa shape index (κ1) is 22.8. The molecule has 1 fully saturated rings. The lowest BCUT2D eigenvalue weighted by Gasteiger charge is -2.28. The number of aromatic nitrogens is 1. The lowest BCUT2D eigenvalue weighted by atomic mass is 9.98. The number of rotatable bonds is 7. The Bertz CT molecular complexity index is 738. The van der Waals surface area contributed by atoms with Crippen LogP contribution >= 0.6 is 0 Å². The fraction of sp³-hybridized carbons (Fsp3) is 0.600. The molecule has 162 valence electrons. The Morgan fingerprint density at radius 2 is 1.90 bits per heavy atom. The summed E-state index contributed by atoms with van der Waals surface area (Å²) >= 11 is 0. The van der Waals surface area contributed by atoms with E-state index >= 15 is 0 Å². The van der Waals surface area contributed by atoms with E-state index in [1.165, 1.54) is 29.3 Å². The summed E-state index contributed by atoms with van der Waals surface area (Å²) in [6.45, 7) is 6.09. The van der Waals surface area contributed by atoms with Crippen LogP contribution in [0.15, 0.2) is 22.9 Å². The summed E-state index contributed by atoms with van der Waals surface area (Å²) in [5.74, 6) is 19.1. The molecule has 0 saturated heterocycles. The van der Waals surface area contributed by atoms with Crippen molar-refractivity contribution < 1.29 is 4.74 Å². The summed E-state index contributed by atoms with van der Waals surface area (Å²) < 4.78 is 6.15. The van der Waals surface area contributed by atoms with E-state index in [2.05, 4.69) is 10.1 Å². The highest BCUT2D eigenvalue weighted by molar-refractivity contribution is 5.83. The first-order valence-electron chi connectivity index (χ1n) is 10.2. The van der Waals surface area contributed by atoms with Crippen molar-refractivity contribution in [2.24, 2.45) is 34.3 Å². The van der Waals surface area contributed by atoms with Crippen LogP contribution in [0.1, 0.15) is 57.3 Å². The van der Waals surface area contributed by atoms with Crippen molar-refractivity contribution in [1.29, 1.82) is 0 Å². The quantitative estimate of drug-likeness (QED) is 0.232. The van der Waals surface area contributed by atoms with Crippen LogP contribution < -0.4 is 28.0 Å². The minimum Gasteiger partial charge on any atom is -0.489 e. The normalized spacial score (nSPS) is 16.6. The van der Waals surface area contributed by atoms with Gasteiger partial charge < -0.3 is 21.3 Å². The third kappa shape index (κ3) is 5.98. The van der Waals surface area contributed by atoms with Crippen molar-refractivity contribution >= 4 is 11.5 Å². The first-order valence-corrected chi connectivity index (χ1v) is 10.2. The summed E-state index contributed by atoms with van der Waals surface area (Å²) in [5, 5.41) is 6.66. The number of likely N-dealkylation sites (N-methyl/N-ethyl adjacent to an activating group) is 1. The molecule has 0 unspecified atom stereocenters. The standard InChI is InChI=1S/C20H36N8O/c1-13(2)20(26-22)28(24)12-17(27(4)23)19(21)16-10-11-18(14(3)25-16)29-15-8-6-5-7-9-15/h10-11,13,15H,5-9,12,21-24H2,1-4H3/b19-17-,26-20-. The number of nitrogens with zero attached hydrogens (tertiary/aromatic N) is 4. The zero-order chi connectivity index (χ0) is 21.6. The summed E-state index contributed by atoms with van der Waals surface area (Å²) in [6, 6.07) is 3.78. The zero-order valence-electron chi connectivity index (χ0n) is 18.1. The van der Waals surface area contributed by atoms with E-state index in [1.54, 1.807) is 7.05 Å². The number of aryl methyl sites for hydroxylation is 1. The number of pyridine rings is 1. The molecule has 1 aliphatic carbocycles. The van der Waals surface area contributed by atoms with Gasteiger partial charge in [-0.05, 0) is 44.7 Å². The average molecular weight is 405 g/mol. The molecule has 29 heavy (non-hydrogen) atoms. The first-order chi connectivity index (χ1) is 13.7. The number of hydrogen-bond donors (Lipinski definition) is 4. The van der Waals surface area contributed by atoms with Gasteiger partial charge in [-0.2, -0.15) is 5.10 Å². The lowest BCUT2D eigenvalue weighted by Crippen LogP contribution is -2.45. The number of hydrogen-bond acceptors (Lipinski definition) is 8. The Balaban J connectivity index is 2.24. The zero-order valence-corrected chi connectivity index (χ0v) is 18.1. The lowest BCUT2D eigenvalue weighted by molar-refractivity contribution is 0.153. The second kappa shape index (κ2) is 10.3. The van der Waals surface area contributed by atoms with Gasteiger partial charge in [0.05, 0.1) is 35.4 Å². The highest BCUT2D eigenvalue weighted by Gasteiger charge is 2.20. The molecule has 9 heteroatoms. The van der Waals surface area contributed by atoms with Crippen molar-refractivity contribution in [2.75, 3.05) is 13.6 Å². The van der Waals surface area contributed by atoms with E-state index in [9.17, 15) is 0 Å². The Morgan fingerprint density at radius 1 is 1.24 bits per heavy atom. The maximum atomic E-state index is 6.41. The molecule has 0 atom stereocenters. The van der Waals surface area contributed by atoms with Gasteiger partial charge in [-0.1, -0.05) is 20.3 Å². The van der Waals surface area contributed by atoms with E-state index in [-0.39, 0.29) is 18.6 Å². The van der Waals surface area contributed by atoms with E-state index in [0.29, 0.717) is 22.9 Å². The van der Waals surface area contributed by atoms with E-state index < -0.39 is 0 Å². The Morgan fingerprint density at radius 3 is 2.41 bits per heavy atom. The second-order valence-corrected chi connectivity index (χ2v) is 7.90. The van der Waals surface area contributed by atoms with Crippen LogP contribution in [0.5, 0.6) is 5.75 Å². The van der Waals surface area contributed by atoms with Crippen LogP contribution in [-0.4, -0.2) is 40.5 Å². The van der Waals surface area contributed by atoms with E-state index in [1.807, 2.05) is 32.9 Å². The molecule has 0 radical (unpaired) electrons. The van der Waals surface area contributed by atoms with Gasteiger partial charge in [-0.3, -0.25) is 5.01 Å². The summed E-state index contributed by atoms with van der Waals surface area (Å²) in [6.07, 6.45) is 6.19. The third-order valence-electron chi connectivity index (χ3n) is 5.16. The van der Waals surface area contributed by atoms with Crippen molar-refractivity contribution in [3.8, 4) is 5.75 Å². The van der Waals surface area contributed by atoms with Crippen molar-refractivity contribution in [3.05, 3.63) is 29.2 Å². The molecule has 0 aromatic carbocycles. The van der Waals surface area contributed by atoms with Gasteiger partial charge in [0.1, 0.15) is 11.6 Å². The predicted molar refractivity (Wildman–Crippen MR) is 117 cm³/mol. The molecule has 8 N–H and O–H groups in total. The van der Waals surface area contributed by atoms with Crippen LogP contribution in [0.2, 0.25) is 0 Å². The fourth-order valence-corrected chi connectivity index (χ4v) is 3.52. The van der Waals surface area contributed by atoms with Gasteiger partial charge in [0, 0.05) is 13.0 Å². The highest BCUT2D eigenvalue weighted by Crippen LogP contribution is 2.26. The van der Waals surface area contributed by atoms with Gasteiger partial charge in [0.15, 0.2) is 0 Å². The van der Waals surface area contributed by atoms with Gasteiger partial charge in [0.25, 0.3) is 0 Å². The van der Waals surface area contributed by atoms with Gasteiger partial charge in [0.2, 0.25) is 0 Å². The molecule has 1 aromatic heterocycles. The van der Waals surface area contributed by atoms with Crippen LogP contribution in [0.3, 0.4) is 0 Å². The minimum atomic E-state index is 0.0622. The van der Waals surface area contributed by atoms with Gasteiger partial charge in [-0.25, -0.2) is 16.7 Å². The van der Waals surface area contributed by atoms with Crippen molar-refractivity contribution in [1.82, 2.24) is 15.0 Å². The monoisotopic (exact) mass is 404 g/mol. The molecule has 1 aliphatic rings. The Labute approximate surface area is 173 Å². The fourth-order valence-electron chi connectivity index (χ4n) is 3.52. The summed E-state index contributed by atoms with van der Waals surface area (Å²) in [4.78, 5) is 4.64. The SMILES string of the molecule is Cc1nc(/C(N)=C(\CN(N)/C(=N\N)C(C)C)N(C)N)ccc1OC1CCCCC1. The molecule has 0 spiro atoms. The molecule has 1 aromatic rings. The Hall–Kier alpha value is -2.52. The molecule has 1 heterocycles. The summed E-state index contributed by atoms with van der Waals surface area (Å²) in [5.41, 5.74) is 8.88. The molecule has 0 aliphatic heterocycles. The third-order valence-corrected chi connectivity index (χ3v) is 5.16. The number of ether oxygens (including phenoxy) is 1. The van der Waals surface area contributed by atoms with Crippen molar-refractivity contribution in [3.63, 3.8) is 0 Å². The van der Waals surface area contributed by atoms with Crippen LogP contribution in [0.25, 0.3) is 5.70 Å². The maximum absolute atomic E-state index is 6.41. The largest absolute Gasteiger partial charge is 0.489 e. The Kier molecular flexibility index (Phi) is 8.10. The number of hydrazine groups is 2. The van der Waals surface area contributed by atoms with Crippen LogP contribution in [-0.2, 0) is 0 Å². The minimum absolute atomic E-state index is 0.0622. The number of amidine groups is 1. The van der Waals surface area contributed by atoms with Crippen LogP contribution in [0, 0.1) is 12.8 Å². The van der Waals surface area contributed by atoms with Crippen molar-refractivity contribution in [2.45, 2.75) is 59.0 Å². The topological polar surface area (TPSA) is 145 Å². The highest BCUT2D eigenvalue weighted by atomic mass is 16.5. The van der Waals surface area contributed by atoms with E-state index in [4.69, 9.17) is 28.0 Å². The smallest absolute Gasteiger partial charge is 0.141 e. The molecule has 0 amide bonds. The van der Waals surface area contributed by atoms with Gasteiger partial charge >= 0.3 is 0 Å². The number of hydrazone groups is 1. The summed E-state index contributed by atoms with van der Waals surface area (Å²) in [7, 11) is 1.71. The number of nitrogens with two attached hydrogens (primary N) is 4. The predicted octanol–water partition coefficient (Wildman–Crippen LogP) is 1.64. The molecular formula is C20H36N8O. The maximum Gasteiger partial charge on any atom is 0.141 e. The molecule has 2 rings (SSSR count). The molecule has 0 bridgehead atoms. The van der Waals surface area contributed by atoms with Gasteiger partial charge in [-0.15, -0.1) is 0 Å². The van der Waals surface area contributed by atoms with Crippen LogP contribution in [0.4, 0.5) is 0 Å². The second-order valence-electron chi connectivity index (χ2n) is 7.90. The molecule has 9 nitrogen and oxygen atoms in total.